The summed E-state index contributed by atoms with van der Waals surface area (Å²) in [5.41, 5.74) is 7.88. The fourth-order valence-electron chi connectivity index (χ4n) is 4.18. The van der Waals surface area contributed by atoms with Crippen molar-refractivity contribution in [2.24, 2.45) is 5.92 Å². The monoisotopic (exact) mass is 460 g/mol. The lowest BCUT2D eigenvalue weighted by atomic mass is 9.92. The van der Waals surface area contributed by atoms with E-state index in [9.17, 15) is 0 Å². The van der Waals surface area contributed by atoms with Crippen LogP contribution in [0.5, 0.6) is 0 Å². The Morgan fingerprint density at radius 2 is 1.79 bits per heavy atom. The van der Waals surface area contributed by atoms with E-state index in [0.717, 1.165) is 40.5 Å². The van der Waals surface area contributed by atoms with Gasteiger partial charge in [-0.15, -0.1) is 0 Å². The third-order valence-corrected chi connectivity index (χ3v) is 6.62. The van der Waals surface area contributed by atoms with Gasteiger partial charge in [-0.1, -0.05) is 68.4 Å². The minimum absolute atomic E-state index is 0.157. The van der Waals surface area contributed by atoms with E-state index in [1.807, 2.05) is 0 Å². The van der Waals surface area contributed by atoms with Crippen LogP contribution in [-0.2, 0) is 6.42 Å². The molecule has 0 saturated heterocycles. The highest BCUT2D eigenvalue weighted by molar-refractivity contribution is 7.80. The third-order valence-electron chi connectivity index (χ3n) is 6.29. The Balaban J connectivity index is 1.80. The zero-order valence-electron chi connectivity index (χ0n) is 20.3. The number of rotatable bonds is 6. The Kier molecular flexibility index (Phi) is 6.66. The maximum Gasteiger partial charge on any atom is 0.258 e. The van der Waals surface area contributed by atoms with Crippen molar-refractivity contribution in [1.82, 2.24) is 20.4 Å². The normalized spacial score (nSPS) is 16.5. The average molecular weight is 461 g/mol. The molecule has 6 heteroatoms. The molecule has 1 atom stereocenters. The molecule has 0 aliphatic carbocycles. The molecule has 0 saturated carbocycles. The van der Waals surface area contributed by atoms with Gasteiger partial charge in [0.2, 0.25) is 5.82 Å². The SMILES string of the molecule is CCc1ccc(-c2noc(C3=C(C)N(CC(C)C)C(=S)NC3c3ccc(C)c(C)c3)n2)cc1. The summed E-state index contributed by atoms with van der Waals surface area (Å²) in [6, 6.07) is 14.7. The van der Waals surface area contributed by atoms with E-state index in [2.05, 4.69) is 99.4 Å². The van der Waals surface area contributed by atoms with Gasteiger partial charge in [0, 0.05) is 17.8 Å². The molecule has 1 unspecified atom stereocenters. The Morgan fingerprint density at radius 3 is 2.42 bits per heavy atom. The summed E-state index contributed by atoms with van der Waals surface area (Å²) < 4.78 is 5.85. The number of aromatic nitrogens is 2. The van der Waals surface area contributed by atoms with Gasteiger partial charge >= 0.3 is 0 Å². The lowest BCUT2D eigenvalue weighted by molar-refractivity contribution is 0.386. The summed E-state index contributed by atoms with van der Waals surface area (Å²) >= 11 is 5.78. The average Bonchev–Trinajstić information content (AvgIpc) is 3.27. The van der Waals surface area contributed by atoms with Crippen LogP contribution in [0.1, 0.15) is 61.9 Å². The van der Waals surface area contributed by atoms with E-state index in [1.165, 1.54) is 16.7 Å². The minimum Gasteiger partial charge on any atom is -0.351 e. The summed E-state index contributed by atoms with van der Waals surface area (Å²) in [6.07, 6.45) is 0.999. The van der Waals surface area contributed by atoms with Crippen LogP contribution in [0.2, 0.25) is 0 Å². The van der Waals surface area contributed by atoms with Crippen LogP contribution >= 0.6 is 12.2 Å². The van der Waals surface area contributed by atoms with Gasteiger partial charge in [-0.3, -0.25) is 0 Å². The Bertz CT molecular complexity index is 1190. The number of nitrogens with zero attached hydrogens (tertiary/aromatic N) is 3. The Labute approximate surface area is 201 Å². The molecule has 2 heterocycles. The highest BCUT2D eigenvalue weighted by Crippen LogP contribution is 2.38. The number of hydrogen-bond acceptors (Lipinski definition) is 4. The van der Waals surface area contributed by atoms with Crippen LogP contribution in [-0.4, -0.2) is 26.7 Å². The van der Waals surface area contributed by atoms with Gasteiger partial charge in [0.05, 0.1) is 11.6 Å². The van der Waals surface area contributed by atoms with Gasteiger partial charge in [0.15, 0.2) is 5.11 Å². The highest BCUT2D eigenvalue weighted by Gasteiger charge is 2.34. The number of aryl methyl sites for hydroxylation is 3. The second-order valence-corrected chi connectivity index (χ2v) is 9.59. The lowest BCUT2D eigenvalue weighted by Gasteiger charge is -2.38. The quantitative estimate of drug-likeness (QED) is 0.440. The molecule has 1 aliphatic heterocycles. The van der Waals surface area contributed by atoms with Crippen molar-refractivity contribution in [3.63, 3.8) is 0 Å². The largest absolute Gasteiger partial charge is 0.351 e. The number of thiocarbonyl (C=S) groups is 1. The number of benzene rings is 2. The van der Waals surface area contributed by atoms with Crippen LogP contribution in [0.25, 0.3) is 17.0 Å². The second-order valence-electron chi connectivity index (χ2n) is 9.20. The third kappa shape index (κ3) is 4.71. The first-order valence-corrected chi connectivity index (χ1v) is 12.0. The van der Waals surface area contributed by atoms with E-state index in [-0.39, 0.29) is 6.04 Å². The molecule has 1 aliphatic rings. The van der Waals surface area contributed by atoms with E-state index in [4.69, 9.17) is 21.7 Å². The summed E-state index contributed by atoms with van der Waals surface area (Å²) in [7, 11) is 0. The number of hydrogen-bond donors (Lipinski definition) is 1. The van der Waals surface area contributed by atoms with Crippen molar-refractivity contribution in [3.05, 3.63) is 76.3 Å². The second kappa shape index (κ2) is 9.48. The first-order valence-electron chi connectivity index (χ1n) is 11.6. The molecule has 0 amide bonds. The summed E-state index contributed by atoms with van der Waals surface area (Å²) in [5.74, 6) is 1.57. The standard InChI is InChI=1S/C27H32N4OS/c1-7-20-9-12-21(13-10-20)25-29-26(32-30-25)23-19(6)31(15-16(2)3)27(33)28-24(23)22-11-8-17(4)18(5)14-22/h8-14,16,24H,7,15H2,1-6H3,(H,28,33). The molecule has 4 rings (SSSR count). The van der Waals surface area contributed by atoms with Crippen molar-refractivity contribution >= 4 is 22.9 Å². The van der Waals surface area contributed by atoms with E-state index in [1.54, 1.807) is 0 Å². The molecule has 0 bridgehead atoms. The first kappa shape index (κ1) is 23.2. The van der Waals surface area contributed by atoms with E-state index >= 15 is 0 Å². The molecule has 33 heavy (non-hydrogen) atoms. The topological polar surface area (TPSA) is 54.2 Å². The smallest absolute Gasteiger partial charge is 0.258 e. The molecule has 172 valence electrons. The summed E-state index contributed by atoms with van der Waals surface area (Å²) in [6.45, 7) is 13.7. The Hall–Kier alpha value is -2.99. The highest BCUT2D eigenvalue weighted by atomic mass is 32.1. The van der Waals surface area contributed by atoms with Crippen LogP contribution in [0.3, 0.4) is 0 Å². The fraction of sp³-hybridized carbons (Fsp3) is 0.370. The number of allylic oxidation sites excluding steroid dienone is 1. The van der Waals surface area contributed by atoms with E-state index in [0.29, 0.717) is 17.6 Å². The van der Waals surface area contributed by atoms with E-state index < -0.39 is 0 Å². The van der Waals surface area contributed by atoms with Crippen molar-refractivity contribution in [3.8, 4) is 11.4 Å². The molecular weight excluding hydrogens is 428 g/mol. The van der Waals surface area contributed by atoms with Gasteiger partial charge in [-0.05, 0) is 67.6 Å². The molecule has 3 aromatic rings. The Morgan fingerprint density at radius 1 is 1.06 bits per heavy atom. The molecule has 5 nitrogen and oxygen atoms in total. The van der Waals surface area contributed by atoms with Gasteiger partial charge in [0.1, 0.15) is 0 Å². The molecule has 0 fully saturated rings. The van der Waals surface area contributed by atoms with Crippen LogP contribution in [0.4, 0.5) is 0 Å². The molecular formula is C27H32N4OS. The lowest BCUT2D eigenvalue weighted by Crippen LogP contribution is -2.47. The van der Waals surface area contributed by atoms with Crippen LogP contribution in [0.15, 0.2) is 52.7 Å². The van der Waals surface area contributed by atoms with Gasteiger partial charge in [0.25, 0.3) is 5.89 Å². The molecule has 1 N–H and O–H groups in total. The van der Waals surface area contributed by atoms with Crippen molar-refractivity contribution in [2.45, 2.75) is 54.0 Å². The predicted octanol–water partition coefficient (Wildman–Crippen LogP) is 6.23. The van der Waals surface area contributed by atoms with Crippen LogP contribution < -0.4 is 5.32 Å². The molecule has 0 radical (unpaired) electrons. The van der Waals surface area contributed by atoms with Gasteiger partial charge < -0.3 is 14.7 Å². The number of nitrogens with one attached hydrogen (secondary N) is 1. The predicted molar refractivity (Wildman–Crippen MR) is 138 cm³/mol. The van der Waals surface area contributed by atoms with Crippen molar-refractivity contribution in [2.75, 3.05) is 6.54 Å². The van der Waals surface area contributed by atoms with Crippen molar-refractivity contribution < 1.29 is 4.52 Å². The van der Waals surface area contributed by atoms with Gasteiger partial charge in [-0.25, -0.2) is 0 Å². The molecule has 1 aromatic heterocycles. The first-order chi connectivity index (χ1) is 15.8. The maximum atomic E-state index is 5.85. The summed E-state index contributed by atoms with van der Waals surface area (Å²) in [5, 5.41) is 8.59. The van der Waals surface area contributed by atoms with Crippen molar-refractivity contribution in [1.29, 1.82) is 0 Å². The zero-order valence-corrected chi connectivity index (χ0v) is 21.1. The molecule has 2 aromatic carbocycles. The summed E-state index contributed by atoms with van der Waals surface area (Å²) in [4.78, 5) is 6.96. The molecule has 0 spiro atoms. The van der Waals surface area contributed by atoms with Crippen LogP contribution in [0, 0.1) is 19.8 Å². The maximum absolute atomic E-state index is 5.85. The zero-order chi connectivity index (χ0) is 23.7. The fourth-order valence-corrected chi connectivity index (χ4v) is 4.51. The van der Waals surface area contributed by atoms with Gasteiger partial charge in [-0.2, -0.15) is 4.98 Å². The minimum atomic E-state index is -0.157.